The summed E-state index contributed by atoms with van der Waals surface area (Å²) >= 11 is 3.20. The molecule has 0 radical (unpaired) electrons. The highest BCUT2D eigenvalue weighted by Gasteiger charge is 2.04. The number of rotatable bonds is 3. The van der Waals surface area contributed by atoms with E-state index in [1.165, 1.54) is 0 Å². The number of carboxylic acid groups (broad SMARTS) is 1. The monoisotopic (exact) mass is 180 g/mol. The molecule has 0 aliphatic rings. The molecule has 2 nitrogen and oxygen atoms in total. The molecule has 0 aromatic rings. The topological polar surface area (TPSA) is 37.3 Å². The molecule has 8 heavy (non-hydrogen) atoms. The van der Waals surface area contributed by atoms with Crippen molar-refractivity contribution in [2.24, 2.45) is 0 Å². The highest BCUT2D eigenvalue weighted by atomic mass is 79.9. The molecule has 0 unspecified atom stereocenters. The van der Waals surface area contributed by atoms with Crippen LogP contribution in [0.1, 0.15) is 19.8 Å². The van der Waals surface area contributed by atoms with Gasteiger partial charge in [-0.3, -0.25) is 4.79 Å². The van der Waals surface area contributed by atoms with Gasteiger partial charge >= 0.3 is 5.97 Å². The lowest BCUT2D eigenvalue weighted by atomic mass is 10.2. The number of aliphatic carboxylic acids is 1. The number of halogens is 1. The Morgan fingerprint density at radius 2 is 2.38 bits per heavy atom. The van der Waals surface area contributed by atoms with Crippen LogP contribution >= 0.6 is 15.9 Å². The van der Waals surface area contributed by atoms with E-state index in [2.05, 4.69) is 15.9 Å². The SMILES string of the molecule is CC[C@@H](Br)CC(=O)O. The fraction of sp³-hybridized carbons (Fsp3) is 0.800. The maximum Gasteiger partial charge on any atom is 0.304 e. The lowest BCUT2D eigenvalue weighted by molar-refractivity contribution is -0.136. The third-order valence-corrected chi connectivity index (χ3v) is 1.81. The summed E-state index contributed by atoms with van der Waals surface area (Å²) in [4.78, 5) is 10.1. The zero-order valence-corrected chi connectivity index (χ0v) is 6.31. The summed E-state index contributed by atoms with van der Waals surface area (Å²) in [5.41, 5.74) is 0. The van der Waals surface area contributed by atoms with Crippen molar-refractivity contribution in [1.82, 2.24) is 0 Å². The molecule has 0 fully saturated rings. The molecule has 0 rings (SSSR count). The minimum atomic E-state index is -0.742. The maximum atomic E-state index is 9.94. The van der Waals surface area contributed by atoms with Crippen LogP contribution in [-0.2, 0) is 4.79 Å². The average Bonchev–Trinajstić information content (AvgIpc) is 1.65. The largest absolute Gasteiger partial charge is 0.481 e. The summed E-state index contributed by atoms with van der Waals surface area (Å²) in [6.07, 6.45) is 1.09. The first-order valence-corrected chi connectivity index (χ1v) is 3.44. The van der Waals surface area contributed by atoms with Crippen LogP contribution in [0.3, 0.4) is 0 Å². The number of hydrogen-bond acceptors (Lipinski definition) is 1. The molecular weight excluding hydrogens is 172 g/mol. The Morgan fingerprint density at radius 3 is 2.50 bits per heavy atom. The molecule has 0 aromatic heterocycles. The minimum Gasteiger partial charge on any atom is -0.481 e. The van der Waals surface area contributed by atoms with Gasteiger partial charge < -0.3 is 5.11 Å². The van der Waals surface area contributed by atoms with E-state index in [0.717, 1.165) is 6.42 Å². The average molecular weight is 181 g/mol. The van der Waals surface area contributed by atoms with Crippen LogP contribution < -0.4 is 0 Å². The molecule has 0 aliphatic heterocycles. The Balaban J connectivity index is 3.24. The first-order valence-electron chi connectivity index (χ1n) is 2.52. The number of hydrogen-bond donors (Lipinski definition) is 1. The van der Waals surface area contributed by atoms with Gasteiger partial charge in [-0.15, -0.1) is 0 Å². The fourth-order valence-corrected chi connectivity index (χ4v) is 0.611. The van der Waals surface area contributed by atoms with Crippen LogP contribution in [0, 0.1) is 0 Å². The van der Waals surface area contributed by atoms with E-state index < -0.39 is 5.97 Å². The Morgan fingerprint density at radius 1 is 1.88 bits per heavy atom. The smallest absolute Gasteiger partial charge is 0.304 e. The minimum absolute atomic E-state index is 0.139. The van der Waals surface area contributed by atoms with Crippen molar-refractivity contribution in [3.05, 3.63) is 0 Å². The Kier molecular flexibility index (Phi) is 3.87. The first-order chi connectivity index (χ1) is 3.66. The summed E-state index contributed by atoms with van der Waals surface area (Å²) in [6.45, 7) is 1.95. The maximum absolute atomic E-state index is 9.94. The second kappa shape index (κ2) is 3.89. The molecule has 0 saturated carbocycles. The number of carbonyl (C=O) groups is 1. The van der Waals surface area contributed by atoms with Crippen molar-refractivity contribution in [2.75, 3.05) is 0 Å². The molecule has 0 amide bonds. The number of alkyl halides is 1. The summed E-state index contributed by atoms with van der Waals surface area (Å²) < 4.78 is 0. The van der Waals surface area contributed by atoms with E-state index >= 15 is 0 Å². The van der Waals surface area contributed by atoms with Crippen molar-refractivity contribution >= 4 is 21.9 Å². The second-order valence-electron chi connectivity index (χ2n) is 1.60. The lowest BCUT2D eigenvalue weighted by Crippen LogP contribution is -2.04. The molecule has 48 valence electrons. The van der Waals surface area contributed by atoms with E-state index in [1.807, 2.05) is 6.92 Å². The lowest BCUT2D eigenvalue weighted by Gasteiger charge is -1.98. The molecule has 0 bridgehead atoms. The molecule has 0 saturated heterocycles. The molecule has 0 heterocycles. The molecule has 0 spiro atoms. The van der Waals surface area contributed by atoms with Gasteiger partial charge in [0.05, 0.1) is 6.42 Å². The molecule has 0 aromatic carbocycles. The predicted octanol–water partition coefficient (Wildman–Crippen LogP) is 1.63. The highest BCUT2D eigenvalue weighted by Crippen LogP contribution is 2.07. The normalized spacial score (nSPS) is 13.2. The van der Waals surface area contributed by atoms with E-state index in [0.29, 0.717) is 0 Å². The zero-order valence-electron chi connectivity index (χ0n) is 4.72. The van der Waals surface area contributed by atoms with Crippen LogP contribution in [0.4, 0.5) is 0 Å². The van der Waals surface area contributed by atoms with Crippen LogP contribution in [-0.4, -0.2) is 15.9 Å². The summed E-state index contributed by atoms with van der Waals surface area (Å²) in [5, 5.41) is 8.18. The van der Waals surface area contributed by atoms with Gasteiger partial charge in [0.15, 0.2) is 0 Å². The van der Waals surface area contributed by atoms with Crippen LogP contribution in [0.2, 0.25) is 0 Å². The number of carboxylic acids is 1. The van der Waals surface area contributed by atoms with E-state index in [9.17, 15) is 4.79 Å². The van der Waals surface area contributed by atoms with Crippen molar-refractivity contribution in [3.8, 4) is 0 Å². The van der Waals surface area contributed by atoms with Gasteiger partial charge in [-0.2, -0.15) is 0 Å². The van der Waals surface area contributed by atoms with E-state index in [4.69, 9.17) is 5.11 Å². The molecule has 0 aliphatic carbocycles. The van der Waals surface area contributed by atoms with Crippen molar-refractivity contribution in [3.63, 3.8) is 0 Å². The predicted molar refractivity (Wildman–Crippen MR) is 35.3 cm³/mol. The first kappa shape index (κ1) is 7.95. The second-order valence-corrected chi connectivity index (χ2v) is 2.90. The van der Waals surface area contributed by atoms with E-state index in [-0.39, 0.29) is 11.2 Å². The molecule has 1 N–H and O–H groups in total. The van der Waals surface area contributed by atoms with Crippen molar-refractivity contribution in [1.29, 1.82) is 0 Å². The van der Waals surface area contributed by atoms with Gasteiger partial charge in [0.1, 0.15) is 0 Å². The fourth-order valence-electron chi connectivity index (χ4n) is 0.334. The quantitative estimate of drug-likeness (QED) is 0.672. The summed E-state index contributed by atoms with van der Waals surface area (Å²) in [7, 11) is 0. The van der Waals surface area contributed by atoms with Gasteiger partial charge in [-0.1, -0.05) is 22.9 Å². The Labute approximate surface area is 57.0 Å². The van der Waals surface area contributed by atoms with Gasteiger partial charge in [0.25, 0.3) is 0 Å². The van der Waals surface area contributed by atoms with Crippen LogP contribution in [0.25, 0.3) is 0 Å². The summed E-state index contributed by atoms with van der Waals surface area (Å²) in [5.74, 6) is -0.742. The van der Waals surface area contributed by atoms with Gasteiger partial charge in [-0.05, 0) is 6.42 Å². The van der Waals surface area contributed by atoms with Crippen LogP contribution in [0.15, 0.2) is 0 Å². The standard InChI is InChI=1S/C5H9BrO2/c1-2-4(6)3-5(7)8/h4H,2-3H2,1H3,(H,7,8)/t4-/m1/s1. The van der Waals surface area contributed by atoms with Gasteiger partial charge in [0.2, 0.25) is 0 Å². The molecule has 3 heteroatoms. The zero-order chi connectivity index (χ0) is 6.57. The third-order valence-electron chi connectivity index (χ3n) is 0.839. The van der Waals surface area contributed by atoms with Gasteiger partial charge in [0, 0.05) is 4.83 Å². The molecular formula is C5H9BrO2. The highest BCUT2D eigenvalue weighted by molar-refractivity contribution is 9.09. The molecule has 1 atom stereocenters. The Hall–Kier alpha value is -0.0500. The third kappa shape index (κ3) is 4.12. The summed E-state index contributed by atoms with van der Waals surface area (Å²) in [6, 6.07) is 0. The van der Waals surface area contributed by atoms with Crippen molar-refractivity contribution < 1.29 is 9.90 Å². The van der Waals surface area contributed by atoms with E-state index in [1.54, 1.807) is 0 Å². The van der Waals surface area contributed by atoms with Gasteiger partial charge in [-0.25, -0.2) is 0 Å². The van der Waals surface area contributed by atoms with Crippen LogP contribution in [0.5, 0.6) is 0 Å². The Bertz CT molecular complexity index is 82.5. The van der Waals surface area contributed by atoms with Crippen molar-refractivity contribution in [2.45, 2.75) is 24.6 Å².